The molecule has 0 bridgehead atoms. The Bertz CT molecular complexity index is 1250. The quantitative estimate of drug-likeness (QED) is 0.0503. The first-order valence-corrected chi connectivity index (χ1v) is 40.7. The zero-order valence-corrected chi connectivity index (χ0v) is 62.1. The third-order valence-corrected chi connectivity index (χ3v) is 19.1. The summed E-state index contributed by atoms with van der Waals surface area (Å²) >= 11 is 0. The van der Waals surface area contributed by atoms with Crippen LogP contribution in [0, 0.1) is 13.8 Å². The maximum atomic E-state index is 8.53. The number of hydrogen-bond donors (Lipinski definition) is 2. The normalized spacial score (nSPS) is 11.4. The molecule has 0 aromatic heterocycles. The maximum absolute atomic E-state index is 8.53. The smallest absolute Gasteiger partial charge is 0.512 e. The number of nitrogens with zero attached hydrogens (tertiary/aromatic N) is 2. The molecule has 1 aromatic carbocycles. The molecule has 0 radical (unpaired) electrons. The molecule has 0 amide bonds. The molecular formula is C82H165BN2O3. The predicted octanol–water partition coefficient (Wildman–Crippen LogP) is 27.5. The van der Waals surface area contributed by atoms with Crippen molar-refractivity contribution in [3.63, 3.8) is 0 Å². The van der Waals surface area contributed by atoms with E-state index in [0.29, 0.717) is 5.75 Å². The van der Waals surface area contributed by atoms with Crippen molar-refractivity contribution >= 4 is 7.32 Å². The van der Waals surface area contributed by atoms with E-state index in [9.17, 15) is 0 Å². The summed E-state index contributed by atoms with van der Waals surface area (Å²) in [5, 5.41) is 17.1. The van der Waals surface area contributed by atoms with E-state index in [0.717, 1.165) is 11.1 Å². The van der Waals surface area contributed by atoms with Crippen LogP contribution in [-0.4, -0.2) is 67.4 Å². The summed E-state index contributed by atoms with van der Waals surface area (Å²) in [6.07, 6.45) is 93.6. The Kier molecular flexibility index (Phi) is 79.2. The van der Waals surface area contributed by atoms with Crippen LogP contribution in [0.2, 0.25) is 0 Å². The Balaban J connectivity index is 0. The fraction of sp³-hybridized carbons (Fsp3) is 0.927. The van der Waals surface area contributed by atoms with Crippen LogP contribution in [0.4, 0.5) is 0 Å². The lowest BCUT2D eigenvalue weighted by molar-refractivity contribution is 0.287. The molecule has 524 valence electrons. The number of hydrogen-bond acceptors (Lipinski definition) is 5. The van der Waals surface area contributed by atoms with Gasteiger partial charge in [-0.15, -0.1) is 0 Å². The van der Waals surface area contributed by atoms with E-state index in [1.54, 1.807) is 6.07 Å². The topological polar surface area (TPSA) is 56.2 Å². The van der Waals surface area contributed by atoms with Gasteiger partial charge in [0, 0.05) is 0 Å². The Morgan fingerprint density at radius 1 is 0.261 bits per heavy atom. The number of benzene rings is 1. The van der Waals surface area contributed by atoms with Crippen molar-refractivity contribution in [3.8, 4) is 5.75 Å². The average molecular weight is 1240 g/mol. The summed E-state index contributed by atoms with van der Waals surface area (Å²) in [4.78, 5) is 5.18. The first-order valence-electron chi connectivity index (χ1n) is 40.7. The Morgan fingerprint density at radius 3 is 0.568 bits per heavy atom. The van der Waals surface area contributed by atoms with E-state index in [4.69, 9.17) is 14.7 Å². The molecule has 0 saturated carbocycles. The molecule has 0 spiro atoms. The van der Waals surface area contributed by atoms with Crippen molar-refractivity contribution in [1.82, 2.24) is 9.80 Å². The van der Waals surface area contributed by atoms with Crippen LogP contribution >= 0.6 is 0 Å². The Morgan fingerprint density at radius 2 is 0.420 bits per heavy atom. The standard InChI is InChI=1S/2C37H77N.C8H11BO3/c2*1-4-6-8-10-12-14-16-18-20-22-24-26-28-30-32-34-36-38(3)37-35-33-31-29-27-25-23-21-19-17-15-13-11-9-7-5-2;1-6-3-4-8(7(2)5-6)12-9(10)11/h2*4-37H2,1-3H3;3-5,10-11H,1-2H3. The second-order valence-corrected chi connectivity index (χ2v) is 28.5. The Hall–Kier alpha value is -1.08. The lowest BCUT2D eigenvalue weighted by atomic mass is 10.0. The molecule has 0 fully saturated rings. The van der Waals surface area contributed by atoms with Gasteiger partial charge in [0.25, 0.3) is 0 Å². The summed E-state index contributed by atoms with van der Waals surface area (Å²) in [6.45, 7) is 18.3. The zero-order chi connectivity index (χ0) is 64.4. The largest absolute Gasteiger partial charge is 0.707 e. The molecule has 0 heterocycles. The van der Waals surface area contributed by atoms with Crippen LogP contribution in [0.15, 0.2) is 18.2 Å². The third-order valence-electron chi connectivity index (χ3n) is 19.1. The van der Waals surface area contributed by atoms with Crippen LogP contribution in [0.5, 0.6) is 5.75 Å². The molecule has 2 N–H and O–H groups in total. The molecule has 0 aliphatic heterocycles. The van der Waals surface area contributed by atoms with Crippen molar-refractivity contribution in [2.75, 3.05) is 40.3 Å². The lowest BCUT2D eigenvalue weighted by Gasteiger charge is -2.16. The second kappa shape index (κ2) is 78.4. The molecule has 6 heteroatoms. The van der Waals surface area contributed by atoms with Crippen LogP contribution in [0.25, 0.3) is 0 Å². The molecule has 5 nitrogen and oxygen atoms in total. The van der Waals surface area contributed by atoms with Gasteiger partial charge in [-0.05, 0) is 91.4 Å². The van der Waals surface area contributed by atoms with Gasteiger partial charge in [-0.1, -0.05) is 431 Å². The molecule has 88 heavy (non-hydrogen) atoms. The Labute approximate surface area is 556 Å². The van der Waals surface area contributed by atoms with Gasteiger partial charge >= 0.3 is 7.32 Å². The number of aryl methyl sites for hydroxylation is 2. The van der Waals surface area contributed by atoms with E-state index < -0.39 is 7.32 Å². The first kappa shape index (κ1) is 89.0. The maximum Gasteiger partial charge on any atom is 0.707 e. The van der Waals surface area contributed by atoms with Crippen molar-refractivity contribution in [2.45, 2.75) is 452 Å². The van der Waals surface area contributed by atoms with Gasteiger partial charge in [0.05, 0.1) is 0 Å². The SMILES string of the molecule is CCCCCCCCCCCCCCCCCCN(C)CCCCCCCCCCCCCCCCCC.CCCCCCCCCCCCCCCCCCN(C)CCCCCCCCCCCCCCCCCC.Cc1ccc(OB(O)O)c(C)c1. The fourth-order valence-corrected chi connectivity index (χ4v) is 13.0. The summed E-state index contributed by atoms with van der Waals surface area (Å²) in [6, 6.07) is 5.48. The first-order chi connectivity index (χ1) is 43.2. The van der Waals surface area contributed by atoms with E-state index in [1.807, 2.05) is 26.0 Å². The minimum absolute atomic E-state index is 0.496. The van der Waals surface area contributed by atoms with E-state index in [1.165, 1.54) is 437 Å². The highest BCUT2D eigenvalue weighted by molar-refractivity contribution is 6.33. The molecule has 0 atom stereocenters. The number of rotatable bonds is 70. The minimum Gasteiger partial charge on any atom is -0.512 e. The lowest BCUT2D eigenvalue weighted by Crippen LogP contribution is -2.21. The van der Waals surface area contributed by atoms with Crippen LogP contribution in [0.1, 0.15) is 450 Å². The summed E-state index contributed by atoms with van der Waals surface area (Å²) < 4.78 is 4.71. The highest BCUT2D eigenvalue weighted by Gasteiger charge is 2.12. The monoisotopic (exact) mass is 1240 g/mol. The van der Waals surface area contributed by atoms with Gasteiger partial charge in [0.15, 0.2) is 0 Å². The summed E-state index contributed by atoms with van der Waals surface area (Å²) in [7, 11) is 2.94. The summed E-state index contributed by atoms with van der Waals surface area (Å²) in [5.74, 6) is 0.496. The fourth-order valence-electron chi connectivity index (χ4n) is 13.0. The second-order valence-electron chi connectivity index (χ2n) is 28.5. The third kappa shape index (κ3) is 77.4. The predicted molar refractivity (Wildman–Crippen MR) is 400 cm³/mol. The molecule has 0 aliphatic rings. The van der Waals surface area contributed by atoms with E-state index in [2.05, 4.69) is 51.6 Å². The van der Waals surface area contributed by atoms with Crippen molar-refractivity contribution in [1.29, 1.82) is 0 Å². The molecule has 0 aliphatic carbocycles. The van der Waals surface area contributed by atoms with Crippen molar-refractivity contribution in [2.24, 2.45) is 0 Å². The molecular weight excluding hydrogens is 1070 g/mol. The number of unbranched alkanes of at least 4 members (excludes halogenated alkanes) is 60. The van der Waals surface area contributed by atoms with Gasteiger partial charge < -0.3 is 24.5 Å². The van der Waals surface area contributed by atoms with Crippen LogP contribution < -0.4 is 4.65 Å². The molecule has 0 saturated heterocycles. The van der Waals surface area contributed by atoms with E-state index in [-0.39, 0.29) is 0 Å². The van der Waals surface area contributed by atoms with Crippen molar-refractivity contribution < 1.29 is 14.7 Å². The molecule has 1 rings (SSSR count). The van der Waals surface area contributed by atoms with Gasteiger partial charge in [0.2, 0.25) is 0 Å². The highest BCUT2D eigenvalue weighted by atomic mass is 16.6. The van der Waals surface area contributed by atoms with Gasteiger partial charge in [-0.2, -0.15) is 0 Å². The van der Waals surface area contributed by atoms with Crippen LogP contribution in [-0.2, 0) is 0 Å². The molecule has 1 aromatic rings. The summed E-state index contributed by atoms with van der Waals surface area (Å²) in [5.41, 5.74) is 2.01. The van der Waals surface area contributed by atoms with Gasteiger partial charge in [0.1, 0.15) is 5.75 Å². The van der Waals surface area contributed by atoms with Gasteiger partial charge in [-0.3, -0.25) is 0 Å². The van der Waals surface area contributed by atoms with Crippen molar-refractivity contribution in [3.05, 3.63) is 29.3 Å². The van der Waals surface area contributed by atoms with Crippen LogP contribution in [0.3, 0.4) is 0 Å². The average Bonchev–Trinajstić information content (AvgIpc) is 3.54. The molecule has 0 unspecified atom stereocenters. The highest BCUT2D eigenvalue weighted by Crippen LogP contribution is 2.21. The minimum atomic E-state index is -1.74. The zero-order valence-electron chi connectivity index (χ0n) is 62.1. The van der Waals surface area contributed by atoms with Gasteiger partial charge in [-0.25, -0.2) is 0 Å². The van der Waals surface area contributed by atoms with E-state index >= 15 is 0 Å².